The zero-order valence-corrected chi connectivity index (χ0v) is 12.5. The number of anilines is 1. The Kier molecular flexibility index (Phi) is 4.79. The van der Waals surface area contributed by atoms with Gasteiger partial charge in [-0.15, -0.1) is 0 Å². The van der Waals surface area contributed by atoms with E-state index in [4.69, 9.17) is 4.42 Å². The molecule has 0 atom stereocenters. The third-order valence-electron chi connectivity index (χ3n) is 2.33. The maximum atomic E-state index is 5.70. The minimum Gasteiger partial charge on any atom is -0.463 e. The van der Waals surface area contributed by atoms with E-state index in [1.807, 2.05) is 24.3 Å². The third-order valence-corrected chi connectivity index (χ3v) is 3.84. The quantitative estimate of drug-likeness (QED) is 0.804. The predicted octanol–water partition coefficient (Wildman–Crippen LogP) is 4.36. The number of thioether (sulfide) groups is 1. The summed E-state index contributed by atoms with van der Waals surface area (Å²) in [6.07, 6.45) is 2.08. The summed E-state index contributed by atoms with van der Waals surface area (Å²) in [7, 11) is 0. The van der Waals surface area contributed by atoms with Gasteiger partial charge < -0.3 is 9.73 Å². The minimum absolute atomic E-state index is 0.731. The van der Waals surface area contributed by atoms with Crippen LogP contribution < -0.4 is 5.32 Å². The molecule has 2 aromatic rings. The van der Waals surface area contributed by atoms with Gasteiger partial charge in [0.2, 0.25) is 0 Å². The molecule has 0 amide bonds. The average Bonchev–Trinajstić information content (AvgIpc) is 2.76. The molecule has 1 heterocycles. The number of para-hydroxylation sites is 1. The SMILES string of the molecule is CSCc1ccc(CNc2ccccc2I)o1. The fraction of sp³-hybridized carbons (Fsp3) is 0.231. The van der Waals surface area contributed by atoms with Crippen molar-refractivity contribution in [3.8, 4) is 0 Å². The van der Waals surface area contributed by atoms with Crippen LogP contribution in [0, 0.1) is 3.57 Å². The van der Waals surface area contributed by atoms with Gasteiger partial charge in [-0.2, -0.15) is 11.8 Å². The maximum Gasteiger partial charge on any atom is 0.123 e. The van der Waals surface area contributed by atoms with Crippen LogP contribution in [0.4, 0.5) is 5.69 Å². The van der Waals surface area contributed by atoms with Crippen LogP contribution in [0.15, 0.2) is 40.8 Å². The standard InChI is InChI=1S/C13H14INOS/c1-17-9-11-7-6-10(16-11)8-15-13-5-3-2-4-12(13)14/h2-7,15H,8-9H2,1H3. The van der Waals surface area contributed by atoms with Gasteiger partial charge in [0.1, 0.15) is 11.5 Å². The number of furan rings is 1. The molecule has 1 aromatic carbocycles. The number of halogens is 1. The van der Waals surface area contributed by atoms with E-state index in [1.165, 1.54) is 3.57 Å². The molecule has 0 aliphatic carbocycles. The number of nitrogens with one attached hydrogen (secondary N) is 1. The Balaban J connectivity index is 1.95. The second-order valence-corrected chi connectivity index (χ2v) is 5.66. The monoisotopic (exact) mass is 359 g/mol. The molecule has 1 N–H and O–H groups in total. The molecule has 4 heteroatoms. The normalized spacial score (nSPS) is 10.5. The van der Waals surface area contributed by atoms with Gasteiger partial charge in [-0.1, -0.05) is 12.1 Å². The van der Waals surface area contributed by atoms with Crippen molar-refractivity contribution in [3.05, 3.63) is 51.5 Å². The molecule has 0 aliphatic heterocycles. The zero-order chi connectivity index (χ0) is 12.1. The van der Waals surface area contributed by atoms with E-state index < -0.39 is 0 Å². The Labute approximate surface area is 119 Å². The first-order valence-corrected chi connectivity index (χ1v) is 7.82. The van der Waals surface area contributed by atoms with Gasteiger partial charge in [0.25, 0.3) is 0 Å². The topological polar surface area (TPSA) is 25.2 Å². The van der Waals surface area contributed by atoms with E-state index in [2.05, 4.69) is 46.3 Å². The molecule has 0 unspecified atom stereocenters. The first-order chi connectivity index (χ1) is 8.29. The lowest BCUT2D eigenvalue weighted by atomic mass is 10.3. The summed E-state index contributed by atoms with van der Waals surface area (Å²) in [4.78, 5) is 0. The lowest BCUT2D eigenvalue weighted by molar-refractivity contribution is 0.487. The first-order valence-electron chi connectivity index (χ1n) is 5.34. The molecule has 0 saturated carbocycles. The van der Waals surface area contributed by atoms with E-state index in [9.17, 15) is 0 Å². The Morgan fingerprint density at radius 2 is 1.94 bits per heavy atom. The van der Waals surface area contributed by atoms with Crippen LogP contribution in [0.2, 0.25) is 0 Å². The van der Waals surface area contributed by atoms with Crippen LogP contribution in [0.25, 0.3) is 0 Å². The lowest BCUT2D eigenvalue weighted by Gasteiger charge is -2.06. The molecule has 1 aromatic heterocycles. The maximum absolute atomic E-state index is 5.70. The molecule has 17 heavy (non-hydrogen) atoms. The first kappa shape index (κ1) is 12.8. The number of rotatable bonds is 5. The Morgan fingerprint density at radius 1 is 1.18 bits per heavy atom. The fourth-order valence-corrected chi connectivity index (χ4v) is 2.54. The summed E-state index contributed by atoms with van der Waals surface area (Å²) in [6, 6.07) is 12.3. The van der Waals surface area contributed by atoms with Crippen molar-refractivity contribution >= 4 is 40.0 Å². The molecule has 0 saturated heterocycles. The van der Waals surface area contributed by atoms with Crippen molar-refractivity contribution < 1.29 is 4.42 Å². The van der Waals surface area contributed by atoms with Crippen molar-refractivity contribution in [2.75, 3.05) is 11.6 Å². The highest BCUT2D eigenvalue weighted by molar-refractivity contribution is 14.1. The molecule has 0 bridgehead atoms. The van der Waals surface area contributed by atoms with Gasteiger partial charge in [0.15, 0.2) is 0 Å². The molecule has 0 aliphatic rings. The van der Waals surface area contributed by atoms with Crippen molar-refractivity contribution in [3.63, 3.8) is 0 Å². The van der Waals surface area contributed by atoms with Crippen LogP contribution in [0.1, 0.15) is 11.5 Å². The highest BCUT2D eigenvalue weighted by Crippen LogP contribution is 2.19. The highest BCUT2D eigenvalue weighted by Gasteiger charge is 2.02. The van der Waals surface area contributed by atoms with Crippen LogP contribution in [0.3, 0.4) is 0 Å². The van der Waals surface area contributed by atoms with Crippen LogP contribution >= 0.6 is 34.4 Å². The van der Waals surface area contributed by atoms with E-state index in [0.717, 1.165) is 29.5 Å². The van der Waals surface area contributed by atoms with Gasteiger partial charge in [-0.05, 0) is 53.1 Å². The average molecular weight is 359 g/mol. The van der Waals surface area contributed by atoms with Crippen molar-refractivity contribution in [1.82, 2.24) is 0 Å². The van der Waals surface area contributed by atoms with E-state index in [-0.39, 0.29) is 0 Å². The molecule has 90 valence electrons. The molecule has 2 rings (SSSR count). The van der Waals surface area contributed by atoms with E-state index >= 15 is 0 Å². The number of hydrogen-bond acceptors (Lipinski definition) is 3. The van der Waals surface area contributed by atoms with Crippen molar-refractivity contribution in [2.45, 2.75) is 12.3 Å². The molecule has 0 spiro atoms. The van der Waals surface area contributed by atoms with Crippen molar-refractivity contribution in [1.29, 1.82) is 0 Å². The van der Waals surface area contributed by atoms with Gasteiger partial charge in [-0.3, -0.25) is 0 Å². The lowest BCUT2D eigenvalue weighted by Crippen LogP contribution is -1.99. The molecule has 0 radical (unpaired) electrons. The summed E-state index contributed by atoms with van der Waals surface area (Å²) in [5, 5.41) is 3.38. The third kappa shape index (κ3) is 3.67. The Hall–Kier alpha value is -0.620. The van der Waals surface area contributed by atoms with Gasteiger partial charge in [-0.25, -0.2) is 0 Å². The number of hydrogen-bond donors (Lipinski definition) is 1. The Morgan fingerprint density at radius 3 is 2.71 bits per heavy atom. The van der Waals surface area contributed by atoms with Crippen LogP contribution in [-0.2, 0) is 12.3 Å². The summed E-state index contributed by atoms with van der Waals surface area (Å²) in [5.41, 5.74) is 1.15. The van der Waals surface area contributed by atoms with Gasteiger partial charge in [0.05, 0.1) is 12.3 Å². The highest BCUT2D eigenvalue weighted by atomic mass is 127. The minimum atomic E-state index is 0.731. The molecule has 2 nitrogen and oxygen atoms in total. The van der Waals surface area contributed by atoms with Crippen LogP contribution in [0.5, 0.6) is 0 Å². The van der Waals surface area contributed by atoms with Gasteiger partial charge in [0, 0.05) is 9.26 Å². The second kappa shape index (κ2) is 6.35. The number of benzene rings is 1. The predicted molar refractivity (Wildman–Crippen MR) is 82.4 cm³/mol. The summed E-state index contributed by atoms with van der Waals surface area (Å²) in [5.74, 6) is 2.95. The van der Waals surface area contributed by atoms with Crippen LogP contribution in [-0.4, -0.2) is 6.26 Å². The van der Waals surface area contributed by atoms with E-state index in [0.29, 0.717) is 0 Å². The fourth-order valence-electron chi connectivity index (χ4n) is 1.52. The summed E-state index contributed by atoms with van der Waals surface area (Å²) < 4.78 is 6.92. The summed E-state index contributed by atoms with van der Waals surface area (Å²) in [6.45, 7) is 0.731. The molecule has 0 fully saturated rings. The zero-order valence-electron chi connectivity index (χ0n) is 9.57. The largest absolute Gasteiger partial charge is 0.463 e. The van der Waals surface area contributed by atoms with E-state index in [1.54, 1.807) is 11.8 Å². The van der Waals surface area contributed by atoms with Crippen molar-refractivity contribution in [2.24, 2.45) is 0 Å². The molecular weight excluding hydrogens is 345 g/mol. The Bertz CT molecular complexity index is 484. The second-order valence-electron chi connectivity index (χ2n) is 3.63. The van der Waals surface area contributed by atoms with Gasteiger partial charge >= 0.3 is 0 Å². The smallest absolute Gasteiger partial charge is 0.123 e. The molecular formula is C13H14INOS. The summed E-state index contributed by atoms with van der Waals surface area (Å²) >= 11 is 4.09.